The van der Waals surface area contributed by atoms with E-state index in [1.807, 2.05) is 0 Å². The Morgan fingerprint density at radius 3 is 2.93 bits per heavy atom. The lowest BCUT2D eigenvalue weighted by Crippen LogP contribution is -2.00. The maximum absolute atomic E-state index is 9.85. The van der Waals surface area contributed by atoms with Gasteiger partial charge >= 0.3 is 0 Å². The van der Waals surface area contributed by atoms with Gasteiger partial charge in [-0.3, -0.25) is 4.84 Å². The van der Waals surface area contributed by atoms with Crippen molar-refractivity contribution < 1.29 is 19.4 Å². The lowest BCUT2D eigenvalue weighted by atomic mass is 10.2. The third-order valence-electron chi connectivity index (χ3n) is 2.21. The highest BCUT2D eigenvalue weighted by atomic mass is 16.6. The van der Waals surface area contributed by atoms with Crippen LogP contribution >= 0.6 is 0 Å². The van der Waals surface area contributed by atoms with E-state index >= 15 is 0 Å². The maximum Gasteiger partial charge on any atom is 0.203 e. The predicted molar refractivity (Wildman–Crippen MR) is 52.7 cm³/mol. The summed E-state index contributed by atoms with van der Waals surface area (Å²) in [4.78, 5) is 4.47. The molecular formula is C10H13NO4. The van der Waals surface area contributed by atoms with E-state index < -0.39 is 0 Å². The molecule has 0 aromatic heterocycles. The van der Waals surface area contributed by atoms with Gasteiger partial charge in [0, 0.05) is 12.0 Å². The van der Waals surface area contributed by atoms with Gasteiger partial charge in [-0.15, -0.1) is 0 Å². The lowest BCUT2D eigenvalue weighted by molar-refractivity contribution is 0.121. The number of ether oxygens (including phenoxy) is 2. The highest BCUT2D eigenvalue weighted by molar-refractivity contribution is 5.54. The largest absolute Gasteiger partial charge is 0.504 e. The van der Waals surface area contributed by atoms with Crippen molar-refractivity contribution in [2.75, 3.05) is 13.2 Å². The molecule has 0 saturated heterocycles. The number of rotatable bonds is 2. The van der Waals surface area contributed by atoms with Gasteiger partial charge in [-0.25, -0.2) is 5.90 Å². The summed E-state index contributed by atoms with van der Waals surface area (Å²) < 4.78 is 10.8. The van der Waals surface area contributed by atoms with Crippen molar-refractivity contribution in [3.8, 4) is 17.2 Å². The smallest absolute Gasteiger partial charge is 0.203 e. The molecule has 0 radical (unpaired) electrons. The third kappa shape index (κ3) is 1.98. The monoisotopic (exact) mass is 211 g/mol. The van der Waals surface area contributed by atoms with Crippen LogP contribution < -0.4 is 15.4 Å². The standard InChI is InChI=1S/C10H13NO4/c11-15-6-7-2-3-8-10(9(7)12)14-5-1-4-13-8/h2-3,12H,1,4-6,11H2. The van der Waals surface area contributed by atoms with Crippen LogP contribution in [0.5, 0.6) is 17.2 Å². The molecule has 5 heteroatoms. The van der Waals surface area contributed by atoms with Crippen molar-refractivity contribution >= 4 is 0 Å². The number of phenols is 1. The molecule has 1 aliphatic rings. The van der Waals surface area contributed by atoms with Crippen LogP contribution in [0.2, 0.25) is 0 Å². The highest BCUT2D eigenvalue weighted by Gasteiger charge is 2.17. The average Bonchev–Trinajstić information content (AvgIpc) is 2.48. The number of aromatic hydroxyl groups is 1. The van der Waals surface area contributed by atoms with Crippen molar-refractivity contribution in [1.29, 1.82) is 0 Å². The first-order chi connectivity index (χ1) is 7.33. The topological polar surface area (TPSA) is 73.9 Å². The van der Waals surface area contributed by atoms with E-state index in [0.717, 1.165) is 6.42 Å². The summed E-state index contributed by atoms with van der Waals surface area (Å²) in [6, 6.07) is 3.45. The van der Waals surface area contributed by atoms with Crippen LogP contribution in [-0.4, -0.2) is 18.3 Å². The number of phenolic OH excluding ortho intramolecular Hbond substituents is 1. The molecule has 0 aliphatic carbocycles. The van der Waals surface area contributed by atoms with Crippen LogP contribution in [0.4, 0.5) is 0 Å². The molecule has 1 heterocycles. The quantitative estimate of drug-likeness (QED) is 0.712. The van der Waals surface area contributed by atoms with E-state index in [2.05, 4.69) is 4.84 Å². The summed E-state index contributed by atoms with van der Waals surface area (Å²) in [7, 11) is 0. The molecule has 0 bridgehead atoms. The molecule has 1 aromatic rings. The van der Waals surface area contributed by atoms with Gasteiger partial charge in [0.25, 0.3) is 0 Å². The molecule has 1 aromatic carbocycles. The van der Waals surface area contributed by atoms with Gasteiger partial charge in [0.05, 0.1) is 19.8 Å². The van der Waals surface area contributed by atoms with Gasteiger partial charge in [0.15, 0.2) is 11.5 Å². The summed E-state index contributed by atoms with van der Waals surface area (Å²) in [6.07, 6.45) is 0.802. The van der Waals surface area contributed by atoms with Gasteiger partial charge < -0.3 is 14.6 Å². The molecule has 1 aliphatic heterocycles. The fourth-order valence-corrected chi connectivity index (χ4v) is 1.47. The van der Waals surface area contributed by atoms with E-state index in [4.69, 9.17) is 15.4 Å². The molecule has 15 heavy (non-hydrogen) atoms. The van der Waals surface area contributed by atoms with Crippen molar-refractivity contribution in [2.45, 2.75) is 13.0 Å². The summed E-state index contributed by atoms with van der Waals surface area (Å²) in [6.45, 7) is 1.27. The van der Waals surface area contributed by atoms with Crippen LogP contribution in [0.25, 0.3) is 0 Å². The van der Waals surface area contributed by atoms with Crippen LogP contribution in [0, 0.1) is 0 Å². The molecule has 5 nitrogen and oxygen atoms in total. The van der Waals surface area contributed by atoms with Crippen LogP contribution in [-0.2, 0) is 11.4 Å². The summed E-state index contributed by atoms with van der Waals surface area (Å²) in [5.74, 6) is 5.93. The van der Waals surface area contributed by atoms with E-state index in [-0.39, 0.29) is 12.4 Å². The first-order valence-electron chi connectivity index (χ1n) is 4.75. The normalized spacial score (nSPS) is 14.7. The SMILES string of the molecule is NOCc1ccc2c(c1O)OCCCO2. The summed E-state index contributed by atoms with van der Waals surface area (Å²) in [5.41, 5.74) is 0.585. The van der Waals surface area contributed by atoms with Gasteiger partial charge in [-0.05, 0) is 12.1 Å². The zero-order valence-electron chi connectivity index (χ0n) is 8.23. The molecule has 0 unspecified atom stereocenters. The Morgan fingerprint density at radius 1 is 1.33 bits per heavy atom. The first kappa shape index (κ1) is 10.1. The number of hydrogen-bond donors (Lipinski definition) is 2. The highest BCUT2D eigenvalue weighted by Crippen LogP contribution is 2.40. The minimum absolute atomic E-state index is 0.0415. The van der Waals surface area contributed by atoms with E-state index in [1.54, 1.807) is 12.1 Å². The summed E-state index contributed by atoms with van der Waals surface area (Å²) >= 11 is 0. The number of nitrogens with two attached hydrogens (primary N) is 1. The average molecular weight is 211 g/mol. The van der Waals surface area contributed by atoms with Gasteiger partial charge in [-0.1, -0.05) is 0 Å². The first-order valence-corrected chi connectivity index (χ1v) is 4.75. The molecule has 0 amide bonds. The molecule has 2 rings (SSSR count). The van der Waals surface area contributed by atoms with Gasteiger partial charge in [-0.2, -0.15) is 0 Å². The third-order valence-corrected chi connectivity index (χ3v) is 2.21. The van der Waals surface area contributed by atoms with Crippen LogP contribution in [0.1, 0.15) is 12.0 Å². The Kier molecular flexibility index (Phi) is 2.94. The van der Waals surface area contributed by atoms with Gasteiger partial charge in [0.2, 0.25) is 5.75 Å². The molecule has 0 saturated carbocycles. The fraction of sp³-hybridized carbons (Fsp3) is 0.400. The summed E-state index contributed by atoms with van der Waals surface area (Å²) in [5, 5.41) is 9.85. The Balaban J connectivity index is 2.36. The van der Waals surface area contributed by atoms with E-state index in [1.165, 1.54) is 0 Å². The van der Waals surface area contributed by atoms with Crippen molar-refractivity contribution in [2.24, 2.45) is 5.90 Å². The zero-order valence-corrected chi connectivity index (χ0v) is 8.23. The minimum atomic E-state index is 0.0415. The number of fused-ring (bicyclic) bond motifs is 1. The Hall–Kier alpha value is -1.46. The van der Waals surface area contributed by atoms with Crippen molar-refractivity contribution in [3.05, 3.63) is 17.7 Å². The number of benzene rings is 1. The van der Waals surface area contributed by atoms with Crippen molar-refractivity contribution in [1.82, 2.24) is 0 Å². The molecular weight excluding hydrogens is 198 g/mol. The van der Waals surface area contributed by atoms with Gasteiger partial charge in [0.1, 0.15) is 0 Å². The Morgan fingerprint density at radius 2 is 2.13 bits per heavy atom. The Labute approximate surface area is 87.3 Å². The van der Waals surface area contributed by atoms with Crippen LogP contribution in [0.15, 0.2) is 12.1 Å². The van der Waals surface area contributed by atoms with E-state index in [0.29, 0.717) is 30.3 Å². The number of hydrogen-bond acceptors (Lipinski definition) is 5. The fourth-order valence-electron chi connectivity index (χ4n) is 1.47. The maximum atomic E-state index is 9.85. The van der Waals surface area contributed by atoms with Crippen LogP contribution in [0.3, 0.4) is 0 Å². The van der Waals surface area contributed by atoms with Crippen molar-refractivity contribution in [3.63, 3.8) is 0 Å². The second-order valence-electron chi connectivity index (χ2n) is 3.26. The van der Waals surface area contributed by atoms with E-state index in [9.17, 15) is 5.11 Å². The predicted octanol–water partition coefficient (Wildman–Crippen LogP) is 0.944. The molecule has 0 fully saturated rings. The molecule has 0 atom stereocenters. The lowest BCUT2D eigenvalue weighted by Gasteiger charge is -2.11. The zero-order chi connectivity index (χ0) is 10.7. The minimum Gasteiger partial charge on any atom is -0.504 e. The Bertz CT molecular complexity index is 354. The second-order valence-corrected chi connectivity index (χ2v) is 3.26. The molecule has 0 spiro atoms. The molecule has 82 valence electrons. The molecule has 3 N–H and O–H groups in total. The second kappa shape index (κ2) is 4.37.